The third kappa shape index (κ3) is 3.34. The number of methoxy groups -OCH3 is 1. The number of hydrogen-bond acceptors (Lipinski definition) is 3. The van der Waals surface area contributed by atoms with E-state index in [1.54, 1.807) is 0 Å². The monoisotopic (exact) mass is 400 g/mol. The van der Waals surface area contributed by atoms with E-state index < -0.39 is 0 Å². The molecule has 0 aliphatic rings. The van der Waals surface area contributed by atoms with E-state index in [-0.39, 0.29) is 18.4 Å². The fourth-order valence-corrected chi connectivity index (χ4v) is 3.74. The van der Waals surface area contributed by atoms with Gasteiger partial charge < -0.3 is 22.1 Å². The molecule has 4 rings (SSSR count). The van der Waals surface area contributed by atoms with Crippen molar-refractivity contribution in [2.45, 2.75) is 20.4 Å². The van der Waals surface area contributed by atoms with Crippen LogP contribution in [-0.4, -0.2) is 47.0 Å². The summed E-state index contributed by atoms with van der Waals surface area (Å²) in [6.45, 7) is 8.25. The van der Waals surface area contributed by atoms with Crippen LogP contribution in [-0.2, 0) is 11.3 Å². The molecule has 0 saturated heterocycles. The maximum Gasteiger partial charge on any atom is 0.378 e. The molecule has 0 aliphatic heterocycles. The zero-order valence-electron chi connectivity index (χ0n) is 16.4. The van der Waals surface area contributed by atoms with E-state index in [1.165, 1.54) is 7.11 Å². The van der Waals surface area contributed by atoms with Gasteiger partial charge in [0.2, 0.25) is 12.0 Å². The van der Waals surface area contributed by atoms with Crippen LogP contribution in [0.4, 0.5) is 0 Å². The summed E-state index contributed by atoms with van der Waals surface area (Å²) in [4.78, 5) is 18.3. The smallest absolute Gasteiger partial charge is 0.378 e. The SMILES string of the molecule is CCN(CC)CC[n+]1cc2c3[nH]c4ccccc4c3cc(C(=O)OC)n2c1.[Cl-]. The number of halogens is 1. The maximum absolute atomic E-state index is 12.4. The van der Waals surface area contributed by atoms with E-state index in [1.807, 2.05) is 28.9 Å². The van der Waals surface area contributed by atoms with Crippen LogP contribution in [0.15, 0.2) is 42.9 Å². The van der Waals surface area contributed by atoms with Crippen LogP contribution < -0.4 is 17.0 Å². The summed E-state index contributed by atoms with van der Waals surface area (Å²) in [5, 5.41) is 2.14. The van der Waals surface area contributed by atoms with Crippen LogP contribution in [0.2, 0.25) is 0 Å². The molecule has 148 valence electrons. The molecule has 7 heteroatoms. The molecule has 4 aromatic rings. The van der Waals surface area contributed by atoms with Gasteiger partial charge in [0.15, 0.2) is 5.52 Å². The third-order valence-corrected chi connectivity index (χ3v) is 5.32. The normalized spacial score (nSPS) is 11.4. The number of aromatic nitrogens is 3. The Morgan fingerprint density at radius 1 is 1.21 bits per heavy atom. The minimum absolute atomic E-state index is 0. The summed E-state index contributed by atoms with van der Waals surface area (Å²) in [5.41, 5.74) is 3.60. The van der Waals surface area contributed by atoms with E-state index in [0.717, 1.165) is 53.5 Å². The van der Waals surface area contributed by atoms with Crippen LogP contribution in [0.5, 0.6) is 0 Å². The van der Waals surface area contributed by atoms with Crippen LogP contribution in [0.1, 0.15) is 24.3 Å². The minimum Gasteiger partial charge on any atom is -1.00 e. The average molecular weight is 401 g/mol. The van der Waals surface area contributed by atoms with E-state index in [0.29, 0.717) is 5.69 Å². The van der Waals surface area contributed by atoms with Crippen molar-refractivity contribution in [1.82, 2.24) is 14.3 Å². The molecule has 0 spiro atoms. The summed E-state index contributed by atoms with van der Waals surface area (Å²) in [7, 11) is 1.42. The topological polar surface area (TPSA) is 53.6 Å². The standard InChI is InChI=1S/C21H24N4O2.ClH/c1-4-23(5-2)10-11-24-13-19-20-16(15-8-6-7-9-17(15)22-20)12-18(21(26)27-3)25(19)14-24;/h6-9,12-14H,4-5,10-11H2,1-3H3;1H. The minimum atomic E-state index is -0.335. The number of hydrogen-bond donors (Lipinski definition) is 1. The molecule has 0 amide bonds. The highest BCUT2D eigenvalue weighted by atomic mass is 35.5. The first-order valence-corrected chi connectivity index (χ1v) is 9.41. The summed E-state index contributed by atoms with van der Waals surface area (Å²) in [6.07, 6.45) is 4.09. The molecule has 0 aliphatic carbocycles. The predicted molar refractivity (Wildman–Crippen MR) is 106 cm³/mol. The molecular weight excluding hydrogens is 376 g/mol. The van der Waals surface area contributed by atoms with Crippen molar-refractivity contribution in [1.29, 1.82) is 0 Å². The number of rotatable bonds is 6. The Kier molecular flexibility index (Phi) is 5.91. The van der Waals surface area contributed by atoms with Crippen LogP contribution in [0.25, 0.3) is 27.3 Å². The zero-order valence-corrected chi connectivity index (χ0v) is 17.2. The lowest BCUT2D eigenvalue weighted by Gasteiger charge is -2.15. The highest BCUT2D eigenvalue weighted by molar-refractivity contribution is 6.13. The Hall–Kier alpha value is -2.57. The molecule has 0 atom stereocenters. The highest BCUT2D eigenvalue weighted by Gasteiger charge is 2.23. The number of carbonyl (C=O) groups is 1. The number of para-hydroxylation sites is 1. The first-order chi connectivity index (χ1) is 13.2. The second kappa shape index (κ2) is 8.20. The number of nitrogens with one attached hydrogen (secondary N) is 1. The van der Waals surface area contributed by atoms with Crippen molar-refractivity contribution in [2.24, 2.45) is 0 Å². The summed E-state index contributed by atoms with van der Waals surface area (Å²) in [6, 6.07) is 10.1. The Bertz CT molecular complexity index is 1130. The number of pyridine rings is 1. The Morgan fingerprint density at radius 2 is 1.96 bits per heavy atom. The molecule has 0 fully saturated rings. The average Bonchev–Trinajstić information content (AvgIpc) is 3.28. The highest BCUT2D eigenvalue weighted by Crippen LogP contribution is 2.29. The number of imidazole rings is 1. The van der Waals surface area contributed by atoms with Crippen molar-refractivity contribution in [3.8, 4) is 0 Å². The van der Waals surface area contributed by atoms with Gasteiger partial charge in [0.05, 0.1) is 12.6 Å². The van der Waals surface area contributed by atoms with Crippen LogP contribution in [0, 0.1) is 0 Å². The number of nitrogens with zero attached hydrogens (tertiary/aromatic N) is 3. The first-order valence-electron chi connectivity index (χ1n) is 9.41. The van der Waals surface area contributed by atoms with Gasteiger partial charge in [-0.2, -0.15) is 4.40 Å². The fraction of sp³-hybridized carbons (Fsp3) is 0.333. The zero-order chi connectivity index (χ0) is 19.0. The number of fused-ring (bicyclic) bond motifs is 5. The van der Waals surface area contributed by atoms with Crippen molar-refractivity contribution in [3.63, 3.8) is 0 Å². The molecule has 28 heavy (non-hydrogen) atoms. The molecule has 3 heterocycles. The lowest BCUT2D eigenvalue weighted by molar-refractivity contribution is -0.695. The van der Waals surface area contributed by atoms with Crippen LogP contribution in [0.3, 0.4) is 0 Å². The fourth-order valence-electron chi connectivity index (χ4n) is 3.74. The molecule has 0 bridgehead atoms. The number of likely N-dealkylation sites (N-methyl/N-ethyl adjacent to an activating group) is 1. The van der Waals surface area contributed by atoms with Crippen LogP contribution >= 0.6 is 0 Å². The number of carbonyl (C=O) groups excluding carboxylic acids is 1. The first kappa shape index (κ1) is 20.2. The molecule has 1 aromatic carbocycles. The number of H-pyrrole nitrogens is 1. The number of benzene rings is 1. The van der Waals surface area contributed by atoms with Gasteiger partial charge >= 0.3 is 5.97 Å². The molecule has 0 saturated carbocycles. The van der Waals surface area contributed by atoms with Gasteiger partial charge in [0, 0.05) is 28.9 Å². The van der Waals surface area contributed by atoms with Gasteiger partial charge in [-0.15, -0.1) is 0 Å². The maximum atomic E-state index is 12.4. The number of ether oxygens (including phenoxy) is 1. The largest absolute Gasteiger partial charge is 1.00 e. The number of aromatic amines is 1. The Balaban J connectivity index is 0.00000225. The van der Waals surface area contributed by atoms with Crippen molar-refractivity contribution < 1.29 is 26.5 Å². The summed E-state index contributed by atoms with van der Waals surface area (Å²) >= 11 is 0. The van der Waals surface area contributed by atoms with Crippen molar-refractivity contribution >= 4 is 33.3 Å². The van der Waals surface area contributed by atoms with Crippen molar-refractivity contribution in [3.05, 3.63) is 48.5 Å². The lowest BCUT2D eigenvalue weighted by atomic mass is 10.1. The molecule has 0 radical (unpaired) electrons. The van der Waals surface area contributed by atoms with E-state index in [9.17, 15) is 4.79 Å². The second-order valence-corrected chi connectivity index (χ2v) is 6.74. The van der Waals surface area contributed by atoms with Gasteiger partial charge in [-0.25, -0.2) is 9.36 Å². The molecule has 0 unspecified atom stereocenters. The van der Waals surface area contributed by atoms with E-state index in [2.05, 4.69) is 46.6 Å². The Labute approximate surface area is 170 Å². The van der Waals surface area contributed by atoms with Gasteiger partial charge in [-0.1, -0.05) is 32.0 Å². The van der Waals surface area contributed by atoms with Gasteiger partial charge in [0.1, 0.15) is 12.7 Å². The molecular formula is C21H25ClN4O2. The van der Waals surface area contributed by atoms with Gasteiger partial charge in [0.25, 0.3) is 0 Å². The summed E-state index contributed by atoms with van der Waals surface area (Å²) < 4.78 is 9.10. The predicted octanol–water partition coefficient (Wildman–Crippen LogP) is -0.00630. The molecule has 3 aromatic heterocycles. The Morgan fingerprint density at radius 3 is 2.68 bits per heavy atom. The number of esters is 1. The molecule has 1 N–H and O–H groups in total. The van der Waals surface area contributed by atoms with Gasteiger partial charge in [-0.05, 0) is 19.2 Å². The third-order valence-electron chi connectivity index (χ3n) is 5.32. The summed E-state index contributed by atoms with van der Waals surface area (Å²) in [5.74, 6) is -0.335. The van der Waals surface area contributed by atoms with Gasteiger partial charge in [-0.3, -0.25) is 4.90 Å². The second-order valence-electron chi connectivity index (χ2n) is 6.74. The quantitative estimate of drug-likeness (QED) is 0.366. The van der Waals surface area contributed by atoms with E-state index >= 15 is 0 Å². The molecule has 6 nitrogen and oxygen atoms in total. The lowest BCUT2D eigenvalue weighted by Crippen LogP contribution is -3.00. The van der Waals surface area contributed by atoms with Crippen molar-refractivity contribution in [2.75, 3.05) is 26.7 Å². The van der Waals surface area contributed by atoms with E-state index in [4.69, 9.17) is 4.74 Å².